The first-order chi connectivity index (χ1) is 7.91. The summed E-state index contributed by atoms with van der Waals surface area (Å²) in [5, 5.41) is 3.54. The van der Waals surface area contributed by atoms with Crippen LogP contribution in [-0.2, 0) is 9.84 Å². The van der Waals surface area contributed by atoms with E-state index in [0.29, 0.717) is 17.7 Å². The van der Waals surface area contributed by atoms with Crippen molar-refractivity contribution < 1.29 is 17.7 Å². The number of carbonyl (C=O) groups excluding carboxylic acids is 1. The Balaban J connectivity index is 2.14. The normalized spacial score (nSPS) is 22.6. The highest BCUT2D eigenvalue weighted by atomic mass is 32.2. The number of aromatic nitrogens is 1. The van der Waals surface area contributed by atoms with E-state index in [-0.39, 0.29) is 23.5 Å². The topological polar surface area (TPSA) is 80.5 Å². The first-order valence-corrected chi connectivity index (χ1v) is 7.12. The van der Waals surface area contributed by atoms with Crippen LogP contribution in [0.15, 0.2) is 10.7 Å². The molecule has 0 aromatic carbocycles. The molecule has 1 saturated heterocycles. The fourth-order valence-corrected chi connectivity index (χ4v) is 3.72. The van der Waals surface area contributed by atoms with Crippen LogP contribution in [0.25, 0.3) is 0 Å². The number of rotatable bonds is 2. The maximum Gasteiger partial charge on any atom is 0.259 e. The fraction of sp³-hybridized carbons (Fsp3) is 0.600. The molecule has 0 N–H and O–H groups in total. The van der Waals surface area contributed by atoms with Gasteiger partial charge in [-0.15, -0.1) is 0 Å². The fourth-order valence-electron chi connectivity index (χ4n) is 1.94. The Morgan fingerprint density at radius 3 is 2.76 bits per heavy atom. The Bertz CT molecular complexity index is 534. The predicted octanol–water partition coefficient (Wildman–Crippen LogP) is 0.242. The molecule has 0 saturated carbocycles. The molecular formula is C10H14N2O4S. The molecule has 1 amide bonds. The van der Waals surface area contributed by atoms with E-state index in [1.54, 1.807) is 14.0 Å². The van der Waals surface area contributed by atoms with Crippen molar-refractivity contribution in [2.45, 2.75) is 19.4 Å². The number of nitrogens with zero attached hydrogens (tertiary/aromatic N) is 2. The van der Waals surface area contributed by atoms with Gasteiger partial charge in [0.05, 0.1) is 17.7 Å². The average Bonchev–Trinajstić information content (AvgIpc) is 2.82. The molecule has 7 heteroatoms. The SMILES string of the molecule is Cc1oncc1C(=O)N(C)C1CCS(=O)(=O)C1. The number of amides is 1. The van der Waals surface area contributed by atoms with Crippen LogP contribution < -0.4 is 0 Å². The molecule has 1 aliphatic rings. The first-order valence-electron chi connectivity index (χ1n) is 5.29. The summed E-state index contributed by atoms with van der Waals surface area (Å²) in [6, 6.07) is -0.248. The minimum atomic E-state index is -2.99. The number of sulfone groups is 1. The second-order valence-corrected chi connectivity index (χ2v) is 6.50. The molecule has 0 radical (unpaired) electrons. The van der Waals surface area contributed by atoms with Gasteiger partial charge in [-0.3, -0.25) is 4.79 Å². The maximum atomic E-state index is 12.1. The van der Waals surface area contributed by atoms with Gasteiger partial charge in [-0.25, -0.2) is 8.42 Å². The second-order valence-electron chi connectivity index (χ2n) is 4.27. The van der Waals surface area contributed by atoms with Crippen LogP contribution in [0.3, 0.4) is 0 Å². The molecule has 0 bridgehead atoms. The molecule has 1 aromatic rings. The zero-order valence-corrected chi connectivity index (χ0v) is 10.5. The highest BCUT2D eigenvalue weighted by Crippen LogP contribution is 2.19. The van der Waals surface area contributed by atoms with Crippen molar-refractivity contribution in [3.05, 3.63) is 17.5 Å². The van der Waals surface area contributed by atoms with Gasteiger partial charge in [-0.2, -0.15) is 0 Å². The summed E-state index contributed by atoms with van der Waals surface area (Å²) in [5.74, 6) is 0.394. The molecule has 94 valence electrons. The highest BCUT2D eigenvalue weighted by molar-refractivity contribution is 7.91. The lowest BCUT2D eigenvalue weighted by Crippen LogP contribution is -2.37. The quantitative estimate of drug-likeness (QED) is 0.759. The summed E-state index contributed by atoms with van der Waals surface area (Å²) >= 11 is 0. The molecule has 1 atom stereocenters. The molecule has 1 unspecified atom stereocenters. The lowest BCUT2D eigenvalue weighted by molar-refractivity contribution is 0.0746. The number of carbonyl (C=O) groups is 1. The van der Waals surface area contributed by atoms with Gasteiger partial charge in [-0.05, 0) is 13.3 Å². The van der Waals surface area contributed by atoms with Crippen molar-refractivity contribution in [2.75, 3.05) is 18.6 Å². The number of aryl methyl sites for hydroxylation is 1. The number of hydrogen-bond acceptors (Lipinski definition) is 5. The van der Waals surface area contributed by atoms with Gasteiger partial charge >= 0.3 is 0 Å². The summed E-state index contributed by atoms with van der Waals surface area (Å²) in [5.41, 5.74) is 0.386. The minimum absolute atomic E-state index is 0.0412. The predicted molar refractivity (Wildman–Crippen MR) is 60.4 cm³/mol. The van der Waals surface area contributed by atoms with Crippen LogP contribution in [0.5, 0.6) is 0 Å². The molecule has 2 heterocycles. The van der Waals surface area contributed by atoms with Crippen molar-refractivity contribution in [1.82, 2.24) is 10.1 Å². The average molecular weight is 258 g/mol. The summed E-state index contributed by atoms with van der Waals surface area (Å²) in [6.45, 7) is 1.65. The van der Waals surface area contributed by atoms with Gasteiger partial charge in [0.25, 0.3) is 5.91 Å². The molecule has 2 rings (SSSR count). The van der Waals surface area contributed by atoms with Gasteiger partial charge in [-0.1, -0.05) is 5.16 Å². The summed E-state index contributed by atoms with van der Waals surface area (Å²) < 4.78 is 27.5. The van der Waals surface area contributed by atoms with Crippen LogP contribution in [0.2, 0.25) is 0 Å². The van der Waals surface area contributed by atoms with E-state index in [1.165, 1.54) is 11.1 Å². The largest absolute Gasteiger partial charge is 0.361 e. The minimum Gasteiger partial charge on any atom is -0.361 e. The third-order valence-electron chi connectivity index (χ3n) is 3.06. The lowest BCUT2D eigenvalue weighted by Gasteiger charge is -2.22. The number of hydrogen-bond donors (Lipinski definition) is 0. The molecule has 0 spiro atoms. The monoisotopic (exact) mass is 258 g/mol. The van der Waals surface area contributed by atoms with Crippen molar-refractivity contribution in [3.8, 4) is 0 Å². The van der Waals surface area contributed by atoms with Gasteiger partial charge < -0.3 is 9.42 Å². The second kappa shape index (κ2) is 4.14. The Morgan fingerprint density at radius 1 is 1.59 bits per heavy atom. The maximum absolute atomic E-state index is 12.1. The molecular weight excluding hydrogens is 244 g/mol. The molecule has 1 aliphatic heterocycles. The van der Waals surface area contributed by atoms with Crippen LogP contribution >= 0.6 is 0 Å². The van der Waals surface area contributed by atoms with E-state index in [9.17, 15) is 13.2 Å². The molecule has 1 fully saturated rings. The van der Waals surface area contributed by atoms with Crippen molar-refractivity contribution in [3.63, 3.8) is 0 Å². The highest BCUT2D eigenvalue weighted by Gasteiger charge is 2.33. The van der Waals surface area contributed by atoms with Crippen LogP contribution in [0, 0.1) is 6.92 Å². The van der Waals surface area contributed by atoms with E-state index >= 15 is 0 Å². The van der Waals surface area contributed by atoms with Crippen LogP contribution in [0.1, 0.15) is 22.5 Å². The first kappa shape index (κ1) is 12.1. The van der Waals surface area contributed by atoms with E-state index in [2.05, 4.69) is 5.16 Å². The van der Waals surface area contributed by atoms with Crippen molar-refractivity contribution in [2.24, 2.45) is 0 Å². The van der Waals surface area contributed by atoms with Gasteiger partial charge in [0, 0.05) is 13.1 Å². The van der Waals surface area contributed by atoms with Gasteiger partial charge in [0.2, 0.25) is 0 Å². The zero-order chi connectivity index (χ0) is 12.6. The molecule has 17 heavy (non-hydrogen) atoms. The van der Waals surface area contributed by atoms with Crippen LogP contribution in [0.4, 0.5) is 0 Å². The third-order valence-corrected chi connectivity index (χ3v) is 4.81. The summed E-state index contributed by atoms with van der Waals surface area (Å²) in [4.78, 5) is 13.5. The Labute approximate surface area is 99.5 Å². The molecule has 6 nitrogen and oxygen atoms in total. The Morgan fingerprint density at radius 2 is 2.29 bits per heavy atom. The summed E-state index contributed by atoms with van der Waals surface area (Å²) in [6.07, 6.45) is 1.85. The Kier molecular flexibility index (Phi) is 2.94. The van der Waals surface area contributed by atoms with E-state index in [0.717, 1.165) is 0 Å². The van der Waals surface area contributed by atoms with E-state index < -0.39 is 9.84 Å². The third kappa shape index (κ3) is 2.33. The van der Waals surface area contributed by atoms with Gasteiger partial charge in [0.1, 0.15) is 11.3 Å². The summed E-state index contributed by atoms with van der Waals surface area (Å²) in [7, 11) is -1.37. The van der Waals surface area contributed by atoms with Gasteiger partial charge in [0.15, 0.2) is 9.84 Å². The van der Waals surface area contributed by atoms with Crippen molar-refractivity contribution >= 4 is 15.7 Å². The van der Waals surface area contributed by atoms with Crippen LogP contribution in [-0.4, -0.2) is 49.0 Å². The lowest BCUT2D eigenvalue weighted by atomic mass is 10.2. The van der Waals surface area contributed by atoms with Crippen molar-refractivity contribution in [1.29, 1.82) is 0 Å². The standard InChI is InChI=1S/C10H14N2O4S/c1-7-9(5-11-16-7)10(13)12(2)8-3-4-17(14,15)6-8/h5,8H,3-4,6H2,1-2H3. The molecule has 1 aromatic heterocycles. The zero-order valence-electron chi connectivity index (χ0n) is 9.71. The Hall–Kier alpha value is -1.37. The van der Waals surface area contributed by atoms with E-state index in [1.807, 2.05) is 0 Å². The smallest absolute Gasteiger partial charge is 0.259 e. The van der Waals surface area contributed by atoms with E-state index in [4.69, 9.17) is 4.52 Å². The molecule has 0 aliphatic carbocycles.